The lowest BCUT2D eigenvalue weighted by Crippen LogP contribution is -2.11. The van der Waals surface area contributed by atoms with Gasteiger partial charge in [-0.2, -0.15) is 4.98 Å². The Morgan fingerprint density at radius 1 is 1.15 bits per heavy atom. The number of hydrogen-bond donors (Lipinski definition) is 1. The van der Waals surface area contributed by atoms with Gasteiger partial charge in [0.2, 0.25) is 26.6 Å². The molecule has 0 aliphatic heterocycles. The van der Waals surface area contributed by atoms with Gasteiger partial charge in [0.25, 0.3) is 0 Å². The molecule has 0 unspecified atom stereocenters. The van der Waals surface area contributed by atoms with Gasteiger partial charge in [-0.15, -0.1) is 0 Å². The van der Waals surface area contributed by atoms with E-state index in [4.69, 9.17) is 20.8 Å². The highest BCUT2D eigenvalue weighted by Crippen LogP contribution is 2.32. The van der Waals surface area contributed by atoms with Crippen LogP contribution in [0.1, 0.15) is 0 Å². The van der Waals surface area contributed by atoms with E-state index in [9.17, 15) is 12.8 Å². The van der Waals surface area contributed by atoms with E-state index in [0.29, 0.717) is 23.7 Å². The highest BCUT2D eigenvalue weighted by molar-refractivity contribution is 7.91. The van der Waals surface area contributed by atoms with E-state index < -0.39 is 15.7 Å². The molecule has 0 atom stereocenters. The van der Waals surface area contributed by atoms with Gasteiger partial charge in [-0.05, 0) is 48.5 Å². The minimum Gasteiger partial charge on any atom is -0.419 e. The zero-order chi connectivity index (χ0) is 19.4. The van der Waals surface area contributed by atoms with Crippen LogP contribution in [0, 0.1) is 5.82 Å². The van der Waals surface area contributed by atoms with Crippen molar-refractivity contribution in [3.05, 3.63) is 59.4 Å². The Bertz CT molecular complexity index is 1020. The van der Waals surface area contributed by atoms with Gasteiger partial charge in [0, 0.05) is 24.2 Å². The average molecular weight is 411 g/mol. The van der Waals surface area contributed by atoms with E-state index in [1.165, 1.54) is 55.6 Å². The molecule has 0 saturated heterocycles. The van der Waals surface area contributed by atoms with Gasteiger partial charge in [0.1, 0.15) is 5.82 Å². The molecule has 142 valence electrons. The summed E-state index contributed by atoms with van der Waals surface area (Å²) in [6.07, 6.45) is 0. The predicted molar refractivity (Wildman–Crippen MR) is 99.2 cm³/mol. The first-order chi connectivity index (χ1) is 12.9. The first kappa shape index (κ1) is 19.3. The van der Waals surface area contributed by atoms with Crippen LogP contribution in [0.3, 0.4) is 0 Å². The van der Waals surface area contributed by atoms with Crippen LogP contribution < -0.4 is 5.32 Å². The molecule has 27 heavy (non-hydrogen) atoms. The molecule has 0 bridgehead atoms. The van der Waals surface area contributed by atoms with Crippen molar-refractivity contribution < 1.29 is 22.0 Å². The molecule has 3 aromatic rings. The molecular formula is C18H16ClFN2O4S. The third-order valence-corrected chi connectivity index (χ3v) is 5.59. The molecule has 1 N–H and O–H groups in total. The van der Waals surface area contributed by atoms with Crippen molar-refractivity contribution >= 4 is 27.3 Å². The summed E-state index contributed by atoms with van der Waals surface area (Å²) in [6, 6.07) is 11.1. The topological polar surface area (TPSA) is 81.4 Å². The number of anilines is 1. The second kappa shape index (κ2) is 8.08. The van der Waals surface area contributed by atoms with Crippen LogP contribution in [0.15, 0.2) is 62.9 Å². The molecule has 0 amide bonds. The normalized spacial score (nSPS) is 11.5. The van der Waals surface area contributed by atoms with Crippen molar-refractivity contribution in [2.24, 2.45) is 0 Å². The number of methoxy groups -OCH3 is 1. The summed E-state index contributed by atoms with van der Waals surface area (Å²) in [5.41, 5.74) is 0.448. The number of benzene rings is 2. The van der Waals surface area contributed by atoms with Gasteiger partial charge in [0.05, 0.1) is 11.5 Å². The molecule has 1 aromatic heterocycles. The van der Waals surface area contributed by atoms with Gasteiger partial charge >= 0.3 is 0 Å². The lowest BCUT2D eigenvalue weighted by atomic mass is 10.2. The summed E-state index contributed by atoms with van der Waals surface area (Å²) in [5.74, 6) is -0.374. The van der Waals surface area contributed by atoms with E-state index >= 15 is 0 Å². The van der Waals surface area contributed by atoms with Crippen molar-refractivity contribution in [1.82, 2.24) is 4.98 Å². The number of halogens is 2. The minimum absolute atomic E-state index is 0.0127. The summed E-state index contributed by atoms with van der Waals surface area (Å²) in [6.45, 7) is 0.657. The van der Waals surface area contributed by atoms with Crippen LogP contribution in [-0.4, -0.2) is 33.7 Å². The number of sulfone groups is 1. The van der Waals surface area contributed by atoms with E-state index in [1.54, 1.807) is 0 Å². The third kappa shape index (κ3) is 4.29. The Kier molecular flexibility index (Phi) is 5.79. The highest BCUT2D eigenvalue weighted by Gasteiger charge is 2.28. The van der Waals surface area contributed by atoms with Crippen LogP contribution >= 0.6 is 11.6 Å². The maximum atomic E-state index is 13.2. The van der Waals surface area contributed by atoms with Crippen LogP contribution in [0.25, 0.3) is 11.5 Å². The molecule has 0 spiro atoms. The Morgan fingerprint density at radius 2 is 1.81 bits per heavy atom. The molecule has 6 nitrogen and oxygen atoms in total. The van der Waals surface area contributed by atoms with Crippen LogP contribution in [-0.2, 0) is 14.6 Å². The number of rotatable bonds is 7. The molecule has 0 aliphatic carbocycles. The number of oxazole rings is 1. The maximum Gasteiger partial charge on any atom is 0.233 e. The smallest absolute Gasteiger partial charge is 0.233 e. The predicted octanol–water partition coefficient (Wildman–Crippen LogP) is 4.03. The van der Waals surface area contributed by atoms with E-state index in [1.807, 2.05) is 0 Å². The van der Waals surface area contributed by atoms with E-state index in [-0.39, 0.29) is 21.7 Å². The molecule has 1 heterocycles. The molecule has 0 radical (unpaired) electrons. The van der Waals surface area contributed by atoms with Crippen molar-refractivity contribution in [2.45, 2.75) is 9.92 Å². The summed E-state index contributed by atoms with van der Waals surface area (Å²) < 4.78 is 49.7. The van der Waals surface area contributed by atoms with Gasteiger partial charge in [-0.3, -0.25) is 0 Å². The lowest BCUT2D eigenvalue weighted by molar-refractivity contribution is 0.210. The number of ether oxygens (including phenoxy) is 1. The van der Waals surface area contributed by atoms with Gasteiger partial charge < -0.3 is 14.5 Å². The second-order valence-electron chi connectivity index (χ2n) is 5.54. The Labute approximate surface area is 160 Å². The summed E-state index contributed by atoms with van der Waals surface area (Å²) in [4.78, 5) is 4.17. The van der Waals surface area contributed by atoms with Crippen molar-refractivity contribution in [3.8, 4) is 11.5 Å². The monoisotopic (exact) mass is 410 g/mol. The fraction of sp³-hybridized carbons (Fsp3) is 0.167. The molecule has 2 aromatic carbocycles. The largest absolute Gasteiger partial charge is 0.419 e. The average Bonchev–Trinajstić information content (AvgIpc) is 3.08. The summed E-state index contributed by atoms with van der Waals surface area (Å²) in [5, 5.41) is 3.02. The number of nitrogens with zero attached hydrogens (tertiary/aromatic N) is 1. The van der Waals surface area contributed by atoms with E-state index in [0.717, 1.165) is 0 Å². The SMILES string of the molecule is COCCNc1oc(-c2ccc(F)cc2)nc1S(=O)(=O)c1ccc(Cl)cc1. The Balaban J connectivity index is 2.06. The maximum absolute atomic E-state index is 13.2. The molecule has 9 heteroatoms. The van der Waals surface area contributed by atoms with Gasteiger partial charge in [-0.25, -0.2) is 12.8 Å². The molecule has 0 aliphatic rings. The molecule has 3 rings (SSSR count). The lowest BCUT2D eigenvalue weighted by Gasteiger charge is -2.05. The van der Waals surface area contributed by atoms with Gasteiger partial charge in [-0.1, -0.05) is 11.6 Å². The zero-order valence-electron chi connectivity index (χ0n) is 14.3. The highest BCUT2D eigenvalue weighted by atomic mass is 35.5. The molecular weight excluding hydrogens is 395 g/mol. The number of aromatic nitrogens is 1. The second-order valence-corrected chi connectivity index (χ2v) is 7.84. The molecule has 0 saturated carbocycles. The van der Waals surface area contributed by atoms with Crippen LogP contribution in [0.4, 0.5) is 10.3 Å². The quantitative estimate of drug-likeness (QED) is 0.592. The van der Waals surface area contributed by atoms with Crippen molar-refractivity contribution in [1.29, 1.82) is 0 Å². The minimum atomic E-state index is -3.96. The Morgan fingerprint density at radius 3 is 2.44 bits per heavy atom. The standard InChI is InChI=1S/C18H16ClFN2O4S/c1-25-11-10-21-17-18(27(23,24)15-8-4-13(19)5-9-15)22-16(26-17)12-2-6-14(20)7-3-12/h2-9,21H,10-11H2,1H3. The first-order valence-electron chi connectivity index (χ1n) is 7.92. The van der Waals surface area contributed by atoms with Gasteiger partial charge in [0.15, 0.2) is 0 Å². The van der Waals surface area contributed by atoms with Crippen molar-refractivity contribution in [3.63, 3.8) is 0 Å². The Hall–Kier alpha value is -2.42. The number of nitrogens with one attached hydrogen (secondary N) is 1. The van der Waals surface area contributed by atoms with Crippen LogP contribution in [0.5, 0.6) is 0 Å². The fourth-order valence-electron chi connectivity index (χ4n) is 2.31. The third-order valence-electron chi connectivity index (χ3n) is 3.66. The van der Waals surface area contributed by atoms with Crippen LogP contribution in [0.2, 0.25) is 5.02 Å². The van der Waals surface area contributed by atoms with Crippen molar-refractivity contribution in [2.75, 3.05) is 25.6 Å². The summed E-state index contributed by atoms with van der Waals surface area (Å²) >= 11 is 5.83. The number of hydrogen-bond acceptors (Lipinski definition) is 6. The fourth-order valence-corrected chi connectivity index (χ4v) is 3.71. The summed E-state index contributed by atoms with van der Waals surface area (Å²) in [7, 11) is -2.43. The first-order valence-corrected chi connectivity index (χ1v) is 9.78. The zero-order valence-corrected chi connectivity index (χ0v) is 15.8. The molecule has 0 fully saturated rings. The van der Waals surface area contributed by atoms with E-state index in [2.05, 4.69) is 10.3 Å².